The van der Waals surface area contributed by atoms with Crippen LogP contribution in [0.5, 0.6) is 0 Å². The number of azo groups is 1. The Morgan fingerprint density at radius 1 is 1.26 bits per heavy atom. The summed E-state index contributed by atoms with van der Waals surface area (Å²) < 4.78 is 4.80. The second-order valence-corrected chi connectivity index (χ2v) is 4.22. The lowest BCUT2D eigenvalue weighted by molar-refractivity contribution is -0.147. The van der Waals surface area contributed by atoms with E-state index in [0.29, 0.717) is 5.69 Å². The van der Waals surface area contributed by atoms with Gasteiger partial charge in [0.1, 0.15) is 0 Å². The van der Waals surface area contributed by atoms with Crippen LogP contribution in [0.3, 0.4) is 0 Å². The second-order valence-electron chi connectivity index (χ2n) is 4.22. The summed E-state index contributed by atoms with van der Waals surface area (Å²) in [6.07, 6.45) is 0. The van der Waals surface area contributed by atoms with Crippen molar-refractivity contribution < 1.29 is 14.3 Å². The zero-order valence-corrected chi connectivity index (χ0v) is 11.6. The molecule has 1 rings (SSSR count). The summed E-state index contributed by atoms with van der Waals surface area (Å²) in [6, 6.07) is 4.53. The molecule has 1 aromatic carbocycles. The normalized spacial score (nSPS) is 12.4. The largest absolute Gasteiger partial charge is 0.464 e. The van der Waals surface area contributed by atoms with Crippen molar-refractivity contribution in [2.75, 3.05) is 6.61 Å². The lowest BCUT2D eigenvalue weighted by Crippen LogP contribution is -2.28. The molecule has 0 saturated carbocycles. The van der Waals surface area contributed by atoms with Gasteiger partial charge in [0.25, 0.3) is 0 Å². The molecule has 0 N–H and O–H groups in total. The van der Waals surface area contributed by atoms with Gasteiger partial charge in [0.15, 0.2) is 5.78 Å². The van der Waals surface area contributed by atoms with E-state index in [4.69, 9.17) is 4.74 Å². The average molecular weight is 262 g/mol. The summed E-state index contributed by atoms with van der Waals surface area (Å²) in [6.45, 7) is 6.98. The minimum atomic E-state index is -1.18. The van der Waals surface area contributed by atoms with E-state index in [-0.39, 0.29) is 12.4 Å². The minimum absolute atomic E-state index is 0.210. The van der Waals surface area contributed by atoms with Gasteiger partial charge in [0.2, 0.25) is 6.04 Å². The highest BCUT2D eigenvalue weighted by atomic mass is 16.5. The lowest BCUT2D eigenvalue weighted by atomic mass is 10.1. The number of hydrogen-bond donors (Lipinski definition) is 0. The van der Waals surface area contributed by atoms with Crippen LogP contribution in [-0.2, 0) is 14.3 Å². The Hall–Kier alpha value is -2.04. The summed E-state index contributed by atoms with van der Waals surface area (Å²) in [5, 5.41) is 7.87. The third-order valence-electron chi connectivity index (χ3n) is 2.61. The number of hydrogen-bond acceptors (Lipinski definition) is 5. The smallest absolute Gasteiger partial charge is 0.340 e. The van der Waals surface area contributed by atoms with E-state index >= 15 is 0 Å². The van der Waals surface area contributed by atoms with E-state index in [1.807, 2.05) is 32.0 Å². The SMILES string of the molecule is CCOC(=O)C(N=Nc1c(C)cccc1C)C(C)=O. The number of aryl methyl sites for hydroxylation is 2. The monoisotopic (exact) mass is 262 g/mol. The number of Topliss-reactive ketones (excluding diaryl/α,β-unsaturated/α-hetero) is 1. The highest BCUT2D eigenvalue weighted by Gasteiger charge is 2.24. The Labute approximate surface area is 112 Å². The quantitative estimate of drug-likeness (QED) is 0.465. The molecule has 1 unspecified atom stereocenters. The fourth-order valence-corrected chi connectivity index (χ4v) is 1.59. The molecule has 1 aromatic rings. The molecule has 0 radical (unpaired) electrons. The number of carbonyl (C=O) groups is 2. The van der Waals surface area contributed by atoms with Crippen molar-refractivity contribution in [3.8, 4) is 0 Å². The van der Waals surface area contributed by atoms with Gasteiger partial charge in [-0.05, 0) is 38.8 Å². The van der Waals surface area contributed by atoms with E-state index in [9.17, 15) is 9.59 Å². The van der Waals surface area contributed by atoms with Crippen molar-refractivity contribution in [1.29, 1.82) is 0 Å². The number of ether oxygens (including phenoxy) is 1. The van der Waals surface area contributed by atoms with Gasteiger partial charge in [-0.1, -0.05) is 18.2 Å². The highest BCUT2D eigenvalue weighted by molar-refractivity contribution is 6.02. The van der Waals surface area contributed by atoms with Crippen molar-refractivity contribution in [3.63, 3.8) is 0 Å². The van der Waals surface area contributed by atoms with Crippen LogP contribution in [-0.4, -0.2) is 24.4 Å². The zero-order chi connectivity index (χ0) is 14.4. The fourth-order valence-electron chi connectivity index (χ4n) is 1.59. The molecule has 0 aliphatic carbocycles. The minimum Gasteiger partial charge on any atom is -0.464 e. The summed E-state index contributed by atoms with van der Waals surface area (Å²) in [4.78, 5) is 23.0. The van der Waals surface area contributed by atoms with Crippen molar-refractivity contribution in [2.45, 2.75) is 33.7 Å². The van der Waals surface area contributed by atoms with Gasteiger partial charge in [-0.25, -0.2) is 4.79 Å². The standard InChI is InChI=1S/C14H18N2O3/c1-5-19-14(18)13(11(4)17)16-15-12-9(2)7-6-8-10(12)3/h6-8,13H,5H2,1-4H3. The topological polar surface area (TPSA) is 68.1 Å². The van der Waals surface area contributed by atoms with Crippen LogP contribution in [0.25, 0.3) is 0 Å². The molecular formula is C14H18N2O3. The van der Waals surface area contributed by atoms with Crippen molar-refractivity contribution in [1.82, 2.24) is 0 Å². The van der Waals surface area contributed by atoms with Gasteiger partial charge in [-0.3, -0.25) is 4.79 Å². The average Bonchev–Trinajstić information content (AvgIpc) is 2.32. The first-order chi connectivity index (χ1) is 8.97. The summed E-state index contributed by atoms with van der Waals surface area (Å²) in [5.74, 6) is -1.04. The van der Waals surface area contributed by atoms with Crippen LogP contribution in [0.2, 0.25) is 0 Å². The van der Waals surface area contributed by atoms with Gasteiger partial charge in [-0.15, -0.1) is 0 Å². The first kappa shape index (κ1) is 15.0. The third-order valence-corrected chi connectivity index (χ3v) is 2.61. The molecule has 0 bridgehead atoms. The van der Waals surface area contributed by atoms with Crippen LogP contribution in [0, 0.1) is 13.8 Å². The van der Waals surface area contributed by atoms with Crippen LogP contribution in [0.4, 0.5) is 5.69 Å². The highest BCUT2D eigenvalue weighted by Crippen LogP contribution is 2.23. The van der Waals surface area contributed by atoms with Gasteiger partial charge >= 0.3 is 5.97 Å². The van der Waals surface area contributed by atoms with Crippen LogP contribution in [0.15, 0.2) is 28.4 Å². The number of rotatable bonds is 5. The maximum absolute atomic E-state index is 11.6. The molecule has 1 atom stereocenters. The number of nitrogens with zero attached hydrogens (tertiary/aromatic N) is 2. The van der Waals surface area contributed by atoms with Gasteiger partial charge in [0.05, 0.1) is 12.3 Å². The molecule has 0 heterocycles. The van der Waals surface area contributed by atoms with E-state index in [1.54, 1.807) is 6.92 Å². The molecule has 0 aliphatic heterocycles. The van der Waals surface area contributed by atoms with Gasteiger partial charge < -0.3 is 4.74 Å². The molecule has 5 nitrogen and oxygen atoms in total. The first-order valence-corrected chi connectivity index (χ1v) is 6.11. The van der Waals surface area contributed by atoms with E-state index in [0.717, 1.165) is 11.1 Å². The van der Waals surface area contributed by atoms with E-state index in [2.05, 4.69) is 10.2 Å². The van der Waals surface area contributed by atoms with E-state index in [1.165, 1.54) is 6.92 Å². The molecule has 102 valence electrons. The van der Waals surface area contributed by atoms with Gasteiger partial charge in [0, 0.05) is 0 Å². The number of esters is 1. The number of ketones is 1. The molecule has 0 aromatic heterocycles. The van der Waals surface area contributed by atoms with E-state index < -0.39 is 12.0 Å². The Balaban J connectivity index is 2.99. The third kappa shape index (κ3) is 3.98. The molecule has 0 fully saturated rings. The summed E-state index contributed by atoms with van der Waals surface area (Å²) in [7, 11) is 0. The van der Waals surface area contributed by atoms with Crippen molar-refractivity contribution in [3.05, 3.63) is 29.3 Å². The number of carbonyl (C=O) groups excluding carboxylic acids is 2. The Morgan fingerprint density at radius 2 is 1.84 bits per heavy atom. The fraction of sp³-hybridized carbons (Fsp3) is 0.429. The molecule has 0 saturated heterocycles. The van der Waals surface area contributed by atoms with Crippen LogP contribution in [0.1, 0.15) is 25.0 Å². The zero-order valence-electron chi connectivity index (χ0n) is 11.6. The summed E-state index contributed by atoms with van der Waals surface area (Å²) >= 11 is 0. The summed E-state index contributed by atoms with van der Waals surface area (Å²) in [5.41, 5.74) is 2.56. The molecule has 5 heteroatoms. The molecular weight excluding hydrogens is 244 g/mol. The Kier molecular flexibility index (Phi) is 5.36. The Bertz CT molecular complexity index is 489. The molecule has 0 amide bonds. The predicted octanol–water partition coefficient (Wildman–Crippen LogP) is 2.91. The molecule has 0 spiro atoms. The Morgan fingerprint density at radius 3 is 2.32 bits per heavy atom. The molecule has 19 heavy (non-hydrogen) atoms. The second kappa shape index (κ2) is 6.78. The molecule has 0 aliphatic rings. The van der Waals surface area contributed by atoms with Crippen LogP contribution >= 0.6 is 0 Å². The maximum Gasteiger partial charge on any atom is 0.340 e. The van der Waals surface area contributed by atoms with Gasteiger partial charge in [-0.2, -0.15) is 10.2 Å². The maximum atomic E-state index is 11.6. The van der Waals surface area contributed by atoms with Crippen molar-refractivity contribution >= 4 is 17.4 Å². The lowest BCUT2D eigenvalue weighted by Gasteiger charge is -2.07. The van der Waals surface area contributed by atoms with Crippen LogP contribution < -0.4 is 0 Å². The number of benzene rings is 1. The first-order valence-electron chi connectivity index (χ1n) is 6.11. The van der Waals surface area contributed by atoms with Crippen molar-refractivity contribution in [2.24, 2.45) is 10.2 Å². The predicted molar refractivity (Wildman–Crippen MR) is 71.5 cm³/mol.